The summed E-state index contributed by atoms with van der Waals surface area (Å²) in [5, 5.41) is 10.8. The number of halogens is 4. The van der Waals surface area contributed by atoms with Crippen molar-refractivity contribution in [3.05, 3.63) is 57.9 Å². The Balaban J connectivity index is 1.89. The van der Waals surface area contributed by atoms with Gasteiger partial charge in [0.15, 0.2) is 5.82 Å². The van der Waals surface area contributed by atoms with E-state index in [2.05, 4.69) is 20.5 Å². The second-order valence-electron chi connectivity index (χ2n) is 5.92. The van der Waals surface area contributed by atoms with Crippen LogP contribution in [0.1, 0.15) is 25.5 Å². The van der Waals surface area contributed by atoms with E-state index >= 15 is 0 Å². The molecule has 0 amide bonds. The molecule has 3 aromatic heterocycles. The molecule has 0 aliphatic rings. The van der Waals surface area contributed by atoms with E-state index in [4.69, 9.17) is 11.6 Å². The molecular formula is C16H14ClF3N6O. The van der Waals surface area contributed by atoms with Crippen LogP contribution in [0.3, 0.4) is 0 Å². The lowest BCUT2D eigenvalue weighted by Crippen LogP contribution is -2.23. The second kappa shape index (κ2) is 7.03. The lowest BCUT2D eigenvalue weighted by Gasteiger charge is -2.10. The first kappa shape index (κ1) is 18.9. The van der Waals surface area contributed by atoms with Crippen molar-refractivity contribution in [3.63, 3.8) is 0 Å². The first-order valence-electron chi connectivity index (χ1n) is 7.79. The van der Waals surface area contributed by atoms with E-state index in [1.54, 1.807) is 17.1 Å². The lowest BCUT2D eigenvalue weighted by atomic mass is 10.3. The first-order chi connectivity index (χ1) is 12.7. The fourth-order valence-electron chi connectivity index (χ4n) is 2.20. The number of anilines is 2. The predicted molar refractivity (Wildman–Crippen MR) is 93.5 cm³/mol. The molecule has 0 atom stereocenters. The first-order valence-corrected chi connectivity index (χ1v) is 8.17. The number of nitrogens with one attached hydrogen (secondary N) is 1. The molecular weight excluding hydrogens is 385 g/mol. The number of nitrogens with zero attached hydrogens (tertiary/aromatic N) is 5. The van der Waals surface area contributed by atoms with Gasteiger partial charge in [0.2, 0.25) is 0 Å². The third-order valence-electron chi connectivity index (χ3n) is 3.62. The summed E-state index contributed by atoms with van der Waals surface area (Å²) < 4.78 is 40.4. The molecule has 0 aliphatic carbocycles. The molecule has 142 valence electrons. The Morgan fingerprint density at radius 2 is 1.89 bits per heavy atom. The second-order valence-corrected chi connectivity index (χ2v) is 6.30. The van der Waals surface area contributed by atoms with Crippen molar-refractivity contribution >= 4 is 23.0 Å². The zero-order chi connectivity index (χ0) is 19.8. The van der Waals surface area contributed by atoms with Crippen molar-refractivity contribution in [1.29, 1.82) is 0 Å². The van der Waals surface area contributed by atoms with Crippen LogP contribution >= 0.6 is 11.6 Å². The van der Waals surface area contributed by atoms with Crippen LogP contribution in [0.4, 0.5) is 24.5 Å². The zero-order valence-corrected chi connectivity index (χ0v) is 15.0. The summed E-state index contributed by atoms with van der Waals surface area (Å²) in [5.41, 5.74) is -0.790. The molecule has 11 heteroatoms. The monoisotopic (exact) mass is 398 g/mol. The Morgan fingerprint density at radius 1 is 1.15 bits per heavy atom. The molecule has 0 unspecified atom stereocenters. The van der Waals surface area contributed by atoms with E-state index in [0.717, 1.165) is 16.8 Å². The van der Waals surface area contributed by atoms with E-state index in [9.17, 15) is 18.0 Å². The van der Waals surface area contributed by atoms with Crippen LogP contribution in [0.2, 0.25) is 5.02 Å². The van der Waals surface area contributed by atoms with Gasteiger partial charge in [0.1, 0.15) is 5.02 Å². The Kier molecular flexibility index (Phi) is 4.92. The molecule has 3 aromatic rings. The number of alkyl halides is 3. The minimum Gasteiger partial charge on any atom is -0.350 e. The quantitative estimate of drug-likeness (QED) is 0.723. The molecule has 7 nitrogen and oxygen atoms in total. The molecule has 27 heavy (non-hydrogen) atoms. The minimum absolute atomic E-state index is 0.0749. The SMILES string of the molecule is CC(C)n1cc(Nc2cnn(-c3ccc(C(F)(F)F)cn3)c(=O)c2Cl)cn1. The molecule has 0 bridgehead atoms. The van der Waals surface area contributed by atoms with E-state index in [1.807, 2.05) is 13.8 Å². The molecule has 0 radical (unpaired) electrons. The van der Waals surface area contributed by atoms with Crippen molar-refractivity contribution in [2.24, 2.45) is 0 Å². The van der Waals surface area contributed by atoms with Crippen LogP contribution in [-0.2, 0) is 6.18 Å². The third-order valence-corrected chi connectivity index (χ3v) is 3.99. The zero-order valence-electron chi connectivity index (χ0n) is 14.2. The maximum atomic E-state index is 12.6. The maximum Gasteiger partial charge on any atom is 0.417 e. The van der Waals surface area contributed by atoms with Crippen LogP contribution in [-0.4, -0.2) is 24.5 Å². The van der Waals surface area contributed by atoms with Gasteiger partial charge in [0.05, 0.1) is 29.3 Å². The summed E-state index contributed by atoms with van der Waals surface area (Å²) in [6.07, 6.45) is 0.707. The third kappa shape index (κ3) is 3.95. The summed E-state index contributed by atoms with van der Waals surface area (Å²) in [4.78, 5) is 16.1. The van der Waals surface area contributed by atoms with Gasteiger partial charge in [-0.1, -0.05) is 11.6 Å². The van der Waals surface area contributed by atoms with Crippen molar-refractivity contribution in [1.82, 2.24) is 24.5 Å². The molecule has 0 saturated heterocycles. The molecule has 0 spiro atoms. The predicted octanol–water partition coefficient (Wildman–Crippen LogP) is 3.82. The smallest absolute Gasteiger partial charge is 0.350 e. The van der Waals surface area contributed by atoms with E-state index in [-0.39, 0.29) is 22.6 Å². The topological polar surface area (TPSA) is 77.6 Å². The molecule has 0 aromatic carbocycles. The number of pyridine rings is 1. The van der Waals surface area contributed by atoms with Gasteiger partial charge in [-0.15, -0.1) is 0 Å². The number of rotatable bonds is 4. The number of hydrogen-bond acceptors (Lipinski definition) is 5. The highest BCUT2D eigenvalue weighted by Gasteiger charge is 2.30. The molecule has 1 N–H and O–H groups in total. The van der Waals surface area contributed by atoms with Crippen molar-refractivity contribution < 1.29 is 13.2 Å². The molecule has 0 aliphatic heterocycles. The van der Waals surface area contributed by atoms with Gasteiger partial charge in [-0.3, -0.25) is 9.48 Å². The van der Waals surface area contributed by atoms with Gasteiger partial charge in [0, 0.05) is 18.4 Å². The summed E-state index contributed by atoms with van der Waals surface area (Å²) in [5.74, 6) is -0.0749. The average Bonchev–Trinajstić information content (AvgIpc) is 3.07. The lowest BCUT2D eigenvalue weighted by molar-refractivity contribution is -0.137. The summed E-state index contributed by atoms with van der Waals surface area (Å²) in [6, 6.07) is 2.03. The van der Waals surface area contributed by atoms with Gasteiger partial charge in [-0.2, -0.15) is 28.1 Å². The Bertz CT molecular complexity index is 1010. The van der Waals surface area contributed by atoms with E-state index < -0.39 is 17.3 Å². The highest BCUT2D eigenvalue weighted by atomic mass is 35.5. The van der Waals surface area contributed by atoms with Gasteiger partial charge in [-0.05, 0) is 26.0 Å². The molecule has 3 rings (SSSR count). The number of hydrogen-bond donors (Lipinski definition) is 1. The van der Waals surface area contributed by atoms with Crippen LogP contribution in [0.15, 0.2) is 41.7 Å². The van der Waals surface area contributed by atoms with Crippen molar-refractivity contribution in [2.75, 3.05) is 5.32 Å². The fourth-order valence-corrected chi connectivity index (χ4v) is 2.38. The molecule has 0 saturated carbocycles. The summed E-state index contributed by atoms with van der Waals surface area (Å²) >= 11 is 6.10. The summed E-state index contributed by atoms with van der Waals surface area (Å²) in [6.45, 7) is 3.92. The van der Waals surface area contributed by atoms with E-state index in [1.165, 1.54) is 6.20 Å². The Hall–Kier alpha value is -2.88. The van der Waals surface area contributed by atoms with Crippen LogP contribution in [0.25, 0.3) is 5.82 Å². The van der Waals surface area contributed by atoms with E-state index in [0.29, 0.717) is 11.9 Å². The fraction of sp³-hybridized carbons (Fsp3) is 0.250. The highest BCUT2D eigenvalue weighted by Crippen LogP contribution is 2.28. The minimum atomic E-state index is -4.52. The van der Waals surface area contributed by atoms with Crippen molar-refractivity contribution in [3.8, 4) is 5.82 Å². The number of aromatic nitrogens is 5. The largest absolute Gasteiger partial charge is 0.417 e. The normalized spacial score (nSPS) is 11.8. The summed E-state index contributed by atoms with van der Waals surface area (Å²) in [7, 11) is 0. The van der Waals surface area contributed by atoms with Crippen LogP contribution in [0.5, 0.6) is 0 Å². The van der Waals surface area contributed by atoms with Crippen LogP contribution < -0.4 is 10.9 Å². The van der Waals surface area contributed by atoms with Gasteiger partial charge in [-0.25, -0.2) is 4.98 Å². The highest BCUT2D eigenvalue weighted by molar-refractivity contribution is 6.33. The maximum absolute atomic E-state index is 12.6. The molecule has 0 fully saturated rings. The Labute approximate surface area is 156 Å². The molecule has 3 heterocycles. The van der Waals surface area contributed by atoms with Crippen LogP contribution in [0, 0.1) is 0 Å². The standard InChI is InChI=1S/C16H14ClF3N6O/c1-9(2)25-8-11(6-22-25)24-12-7-23-26(15(27)14(12)17)13-4-3-10(5-21-13)16(18,19)20/h3-9,24H,1-2H3. The van der Waals surface area contributed by atoms with Gasteiger partial charge < -0.3 is 5.32 Å². The Morgan fingerprint density at radius 3 is 2.44 bits per heavy atom. The van der Waals surface area contributed by atoms with Gasteiger partial charge >= 0.3 is 6.18 Å². The van der Waals surface area contributed by atoms with Gasteiger partial charge in [0.25, 0.3) is 5.56 Å². The van der Waals surface area contributed by atoms with Crippen molar-refractivity contribution in [2.45, 2.75) is 26.1 Å². The average molecular weight is 399 g/mol.